The molecule has 2 fully saturated rings. The number of aliphatic carboxylic acids is 1. The topological polar surface area (TPSA) is 94.1 Å². The Morgan fingerprint density at radius 1 is 1.30 bits per heavy atom. The molecule has 23 heavy (non-hydrogen) atoms. The maximum atomic E-state index is 12.0. The third kappa shape index (κ3) is 3.80. The Hall–Kier alpha value is -2.12. The van der Waals surface area contributed by atoms with Crippen LogP contribution in [-0.2, 0) is 25.4 Å². The Morgan fingerprint density at radius 3 is 2.83 bits per heavy atom. The molecule has 0 radical (unpaired) electrons. The first kappa shape index (κ1) is 15.8. The second-order valence-corrected chi connectivity index (χ2v) is 5.69. The SMILES string of the molecule is O=C(N[C@@H](Cc1ccccc1)C(=O)O)O[C@H]1CO[C@H]2OCC[C@H]21. The van der Waals surface area contributed by atoms with Gasteiger partial charge < -0.3 is 24.6 Å². The number of nitrogens with one attached hydrogen (secondary N) is 1. The summed E-state index contributed by atoms with van der Waals surface area (Å²) >= 11 is 0. The molecule has 0 saturated carbocycles. The van der Waals surface area contributed by atoms with E-state index in [0.717, 1.165) is 12.0 Å². The molecule has 0 aliphatic carbocycles. The Balaban J connectivity index is 1.55. The summed E-state index contributed by atoms with van der Waals surface area (Å²) in [6.45, 7) is 0.863. The largest absolute Gasteiger partial charge is 0.480 e. The zero-order chi connectivity index (χ0) is 16.2. The van der Waals surface area contributed by atoms with E-state index in [4.69, 9.17) is 14.2 Å². The van der Waals surface area contributed by atoms with Crippen LogP contribution in [0.15, 0.2) is 30.3 Å². The van der Waals surface area contributed by atoms with Crippen molar-refractivity contribution in [3.8, 4) is 0 Å². The van der Waals surface area contributed by atoms with Gasteiger partial charge in [-0.15, -0.1) is 0 Å². The molecule has 3 rings (SSSR count). The minimum atomic E-state index is -1.10. The van der Waals surface area contributed by atoms with Crippen LogP contribution in [0.2, 0.25) is 0 Å². The summed E-state index contributed by atoms with van der Waals surface area (Å²) in [7, 11) is 0. The van der Waals surface area contributed by atoms with Crippen LogP contribution in [0.4, 0.5) is 4.79 Å². The second-order valence-electron chi connectivity index (χ2n) is 5.69. The standard InChI is InChI=1S/C16H19NO6/c18-14(19)12(8-10-4-2-1-3-5-10)17-16(20)23-13-9-22-15-11(13)6-7-21-15/h1-5,11-13,15H,6-9H2,(H,17,20)(H,18,19)/t11-,12-,13-,15+/m0/s1. The lowest BCUT2D eigenvalue weighted by Gasteiger charge is -2.19. The number of carbonyl (C=O) groups is 2. The zero-order valence-corrected chi connectivity index (χ0v) is 12.5. The molecule has 4 atom stereocenters. The fourth-order valence-electron chi connectivity index (χ4n) is 2.91. The van der Waals surface area contributed by atoms with Crippen molar-refractivity contribution in [2.75, 3.05) is 13.2 Å². The summed E-state index contributed by atoms with van der Waals surface area (Å²) in [6, 6.07) is 8.08. The first-order valence-electron chi connectivity index (χ1n) is 7.60. The van der Waals surface area contributed by atoms with Crippen molar-refractivity contribution < 1.29 is 28.9 Å². The summed E-state index contributed by atoms with van der Waals surface area (Å²) < 4.78 is 16.1. The zero-order valence-electron chi connectivity index (χ0n) is 12.5. The number of ether oxygens (including phenoxy) is 3. The van der Waals surface area contributed by atoms with Gasteiger partial charge in [-0.3, -0.25) is 0 Å². The summed E-state index contributed by atoms with van der Waals surface area (Å²) in [5, 5.41) is 11.7. The predicted octanol–water partition coefficient (Wildman–Crippen LogP) is 1.17. The molecule has 2 aliphatic heterocycles. The van der Waals surface area contributed by atoms with Crippen LogP contribution in [0.25, 0.3) is 0 Å². The Labute approximate surface area is 133 Å². The predicted molar refractivity (Wildman–Crippen MR) is 78.8 cm³/mol. The lowest BCUT2D eigenvalue weighted by molar-refractivity contribution is -0.139. The van der Waals surface area contributed by atoms with E-state index in [2.05, 4.69) is 5.32 Å². The van der Waals surface area contributed by atoms with Gasteiger partial charge in [0.25, 0.3) is 0 Å². The van der Waals surface area contributed by atoms with Gasteiger partial charge in [0.05, 0.1) is 19.1 Å². The van der Waals surface area contributed by atoms with Crippen molar-refractivity contribution >= 4 is 12.1 Å². The van der Waals surface area contributed by atoms with E-state index in [1.165, 1.54) is 0 Å². The van der Waals surface area contributed by atoms with E-state index < -0.39 is 24.2 Å². The summed E-state index contributed by atoms with van der Waals surface area (Å²) in [5.41, 5.74) is 0.827. The molecule has 0 unspecified atom stereocenters. The van der Waals surface area contributed by atoms with Crippen LogP contribution < -0.4 is 5.32 Å². The number of carbonyl (C=O) groups excluding carboxylic acids is 1. The molecule has 2 saturated heterocycles. The number of hydrogen-bond donors (Lipinski definition) is 2. The van der Waals surface area contributed by atoms with Crippen LogP contribution in [0.5, 0.6) is 0 Å². The number of amides is 1. The summed E-state index contributed by atoms with van der Waals surface area (Å²) in [6.07, 6.45) is -0.480. The number of alkyl carbamates (subject to hydrolysis) is 1. The maximum Gasteiger partial charge on any atom is 0.408 e. The number of carboxylic acid groups (broad SMARTS) is 1. The van der Waals surface area contributed by atoms with Crippen molar-refractivity contribution in [3.63, 3.8) is 0 Å². The van der Waals surface area contributed by atoms with Gasteiger partial charge in [-0.05, 0) is 12.0 Å². The molecule has 2 N–H and O–H groups in total. The van der Waals surface area contributed by atoms with E-state index in [1.54, 1.807) is 0 Å². The Kier molecular flexibility index (Phi) is 4.78. The highest BCUT2D eigenvalue weighted by Gasteiger charge is 2.44. The molecule has 1 aromatic rings. The normalized spacial score (nSPS) is 27.2. The number of fused-ring (bicyclic) bond motifs is 1. The maximum absolute atomic E-state index is 12.0. The number of hydrogen-bond acceptors (Lipinski definition) is 5. The summed E-state index contributed by atoms with van der Waals surface area (Å²) in [4.78, 5) is 23.3. The van der Waals surface area contributed by atoms with Crippen molar-refractivity contribution in [3.05, 3.63) is 35.9 Å². The van der Waals surface area contributed by atoms with Gasteiger partial charge >= 0.3 is 12.1 Å². The van der Waals surface area contributed by atoms with Crippen LogP contribution in [0.3, 0.4) is 0 Å². The highest BCUT2D eigenvalue weighted by molar-refractivity contribution is 5.80. The Morgan fingerprint density at radius 2 is 2.09 bits per heavy atom. The van der Waals surface area contributed by atoms with Gasteiger partial charge in [-0.1, -0.05) is 30.3 Å². The number of benzene rings is 1. The molecule has 0 aromatic heterocycles. The van der Waals surface area contributed by atoms with Crippen LogP contribution in [0, 0.1) is 5.92 Å². The first-order valence-corrected chi connectivity index (χ1v) is 7.60. The average molecular weight is 321 g/mol. The smallest absolute Gasteiger partial charge is 0.408 e. The lowest BCUT2D eigenvalue weighted by Crippen LogP contribution is -2.44. The minimum absolute atomic E-state index is 0.0261. The average Bonchev–Trinajstić information content (AvgIpc) is 3.13. The van der Waals surface area contributed by atoms with Gasteiger partial charge in [-0.25, -0.2) is 9.59 Å². The number of carboxylic acids is 1. The fourth-order valence-corrected chi connectivity index (χ4v) is 2.91. The lowest BCUT2D eigenvalue weighted by atomic mass is 10.0. The Bertz CT molecular complexity index is 563. The van der Waals surface area contributed by atoms with Gasteiger partial charge in [0.15, 0.2) is 6.29 Å². The van der Waals surface area contributed by atoms with E-state index >= 15 is 0 Å². The molecular formula is C16H19NO6. The van der Waals surface area contributed by atoms with E-state index in [1.807, 2.05) is 30.3 Å². The van der Waals surface area contributed by atoms with Crippen LogP contribution in [0.1, 0.15) is 12.0 Å². The molecule has 0 spiro atoms. The van der Waals surface area contributed by atoms with Crippen LogP contribution in [-0.4, -0.2) is 48.8 Å². The van der Waals surface area contributed by atoms with Gasteiger partial charge in [0, 0.05) is 6.42 Å². The second kappa shape index (κ2) is 6.97. The highest BCUT2D eigenvalue weighted by atomic mass is 16.7. The molecule has 2 aliphatic rings. The van der Waals surface area contributed by atoms with E-state index in [-0.39, 0.29) is 25.2 Å². The summed E-state index contributed by atoms with van der Waals surface area (Å²) in [5.74, 6) is -1.08. The van der Waals surface area contributed by atoms with E-state index in [0.29, 0.717) is 6.61 Å². The third-order valence-corrected chi connectivity index (χ3v) is 4.12. The van der Waals surface area contributed by atoms with Gasteiger partial charge in [0.1, 0.15) is 12.1 Å². The minimum Gasteiger partial charge on any atom is -0.480 e. The highest BCUT2D eigenvalue weighted by Crippen LogP contribution is 2.32. The molecular weight excluding hydrogens is 302 g/mol. The van der Waals surface area contributed by atoms with Crippen LogP contribution >= 0.6 is 0 Å². The molecule has 1 amide bonds. The van der Waals surface area contributed by atoms with Crippen molar-refractivity contribution in [1.82, 2.24) is 5.32 Å². The third-order valence-electron chi connectivity index (χ3n) is 4.12. The van der Waals surface area contributed by atoms with Crippen molar-refractivity contribution in [2.45, 2.75) is 31.3 Å². The fraction of sp³-hybridized carbons (Fsp3) is 0.500. The van der Waals surface area contributed by atoms with Crippen molar-refractivity contribution in [2.24, 2.45) is 5.92 Å². The molecule has 7 nitrogen and oxygen atoms in total. The molecule has 124 valence electrons. The van der Waals surface area contributed by atoms with Crippen molar-refractivity contribution in [1.29, 1.82) is 0 Å². The monoisotopic (exact) mass is 321 g/mol. The van der Waals surface area contributed by atoms with Gasteiger partial charge in [0.2, 0.25) is 0 Å². The number of rotatable bonds is 5. The first-order chi connectivity index (χ1) is 11.1. The van der Waals surface area contributed by atoms with E-state index in [9.17, 15) is 14.7 Å². The molecule has 1 aromatic carbocycles. The quantitative estimate of drug-likeness (QED) is 0.845. The molecule has 2 heterocycles. The molecule has 0 bridgehead atoms. The van der Waals surface area contributed by atoms with Gasteiger partial charge in [-0.2, -0.15) is 0 Å². The molecule has 7 heteroatoms.